The molecule has 0 atom stereocenters. The lowest BCUT2D eigenvalue weighted by Gasteiger charge is -2.06. The number of benzene rings is 1. The standard InChI is InChI=1S/C23H32N2O2/c1-3-5-7-8-9-10-16-27-23(26)21-14-12-20(13-15-21)22-24-17-19(18-25-22)11-6-4-2/h12-15,17-18H,3-11,16H2,1-2H3. The van der Waals surface area contributed by atoms with Gasteiger partial charge in [-0.05, 0) is 37.0 Å². The summed E-state index contributed by atoms with van der Waals surface area (Å²) in [5.74, 6) is 0.424. The van der Waals surface area contributed by atoms with Crippen molar-refractivity contribution < 1.29 is 9.53 Å². The molecule has 0 saturated carbocycles. The van der Waals surface area contributed by atoms with E-state index in [4.69, 9.17) is 4.74 Å². The molecular formula is C23H32N2O2. The summed E-state index contributed by atoms with van der Waals surface area (Å²) in [7, 11) is 0. The van der Waals surface area contributed by atoms with Gasteiger partial charge in [-0.3, -0.25) is 0 Å². The van der Waals surface area contributed by atoms with Gasteiger partial charge in [0, 0.05) is 18.0 Å². The SMILES string of the molecule is CCCCCCCCOC(=O)c1ccc(-c2ncc(CCCC)cn2)cc1. The van der Waals surface area contributed by atoms with Crippen LogP contribution in [0.3, 0.4) is 0 Å². The Hall–Kier alpha value is -2.23. The first-order valence-electron chi connectivity index (χ1n) is 10.3. The van der Waals surface area contributed by atoms with Crippen LogP contribution in [0.4, 0.5) is 0 Å². The van der Waals surface area contributed by atoms with Gasteiger partial charge < -0.3 is 4.74 Å². The number of ether oxygens (including phenoxy) is 1. The van der Waals surface area contributed by atoms with Gasteiger partial charge >= 0.3 is 5.97 Å². The summed E-state index contributed by atoms with van der Waals surface area (Å²) in [4.78, 5) is 21.0. The topological polar surface area (TPSA) is 52.1 Å². The van der Waals surface area contributed by atoms with E-state index in [-0.39, 0.29) is 5.97 Å². The quantitative estimate of drug-likeness (QED) is 0.340. The number of aromatic nitrogens is 2. The molecule has 4 heteroatoms. The van der Waals surface area contributed by atoms with Crippen molar-refractivity contribution in [3.63, 3.8) is 0 Å². The van der Waals surface area contributed by atoms with Gasteiger partial charge in [0.1, 0.15) is 0 Å². The zero-order chi connectivity index (χ0) is 19.3. The van der Waals surface area contributed by atoms with Crippen molar-refractivity contribution in [1.82, 2.24) is 9.97 Å². The molecule has 0 fully saturated rings. The minimum atomic E-state index is -0.258. The molecule has 0 radical (unpaired) electrons. The monoisotopic (exact) mass is 368 g/mol. The fourth-order valence-electron chi connectivity index (χ4n) is 2.90. The molecule has 2 aromatic rings. The van der Waals surface area contributed by atoms with Gasteiger partial charge in [0.25, 0.3) is 0 Å². The summed E-state index contributed by atoms with van der Waals surface area (Å²) >= 11 is 0. The first-order valence-corrected chi connectivity index (χ1v) is 10.3. The third kappa shape index (κ3) is 7.49. The van der Waals surface area contributed by atoms with Crippen molar-refractivity contribution >= 4 is 5.97 Å². The molecule has 0 aliphatic rings. The molecule has 1 aromatic heterocycles. The fraction of sp³-hybridized carbons (Fsp3) is 0.522. The summed E-state index contributed by atoms with van der Waals surface area (Å²) in [5.41, 5.74) is 2.64. The normalized spacial score (nSPS) is 10.7. The number of carbonyl (C=O) groups excluding carboxylic acids is 1. The van der Waals surface area contributed by atoms with Crippen molar-refractivity contribution in [2.24, 2.45) is 0 Å². The van der Waals surface area contributed by atoms with Gasteiger partial charge in [-0.25, -0.2) is 14.8 Å². The van der Waals surface area contributed by atoms with Crippen molar-refractivity contribution in [3.8, 4) is 11.4 Å². The molecule has 0 saturated heterocycles. The van der Waals surface area contributed by atoms with Crippen LogP contribution in [0.25, 0.3) is 11.4 Å². The molecule has 27 heavy (non-hydrogen) atoms. The minimum absolute atomic E-state index is 0.258. The predicted molar refractivity (Wildman–Crippen MR) is 110 cm³/mol. The third-order valence-corrected chi connectivity index (χ3v) is 4.63. The average molecular weight is 369 g/mol. The molecule has 4 nitrogen and oxygen atoms in total. The first kappa shape index (κ1) is 21.1. The van der Waals surface area contributed by atoms with Crippen LogP contribution in [0.5, 0.6) is 0 Å². The number of aryl methyl sites for hydroxylation is 1. The Labute approximate surface area is 163 Å². The van der Waals surface area contributed by atoms with Crippen LogP contribution in [0.2, 0.25) is 0 Å². The highest BCUT2D eigenvalue weighted by atomic mass is 16.5. The van der Waals surface area contributed by atoms with Crippen LogP contribution in [-0.4, -0.2) is 22.5 Å². The molecular weight excluding hydrogens is 336 g/mol. The molecule has 0 N–H and O–H groups in total. The van der Waals surface area contributed by atoms with Crippen LogP contribution >= 0.6 is 0 Å². The fourth-order valence-corrected chi connectivity index (χ4v) is 2.90. The van der Waals surface area contributed by atoms with E-state index in [9.17, 15) is 4.79 Å². The maximum absolute atomic E-state index is 12.1. The lowest BCUT2D eigenvalue weighted by Crippen LogP contribution is -2.06. The Morgan fingerprint density at radius 3 is 2.15 bits per heavy atom. The second-order valence-electron chi connectivity index (χ2n) is 7.00. The Bertz CT molecular complexity index is 666. The number of carbonyl (C=O) groups is 1. The van der Waals surface area contributed by atoms with E-state index < -0.39 is 0 Å². The zero-order valence-electron chi connectivity index (χ0n) is 16.7. The number of esters is 1. The van der Waals surface area contributed by atoms with Gasteiger partial charge in [0.2, 0.25) is 0 Å². The van der Waals surface area contributed by atoms with Crippen molar-refractivity contribution in [1.29, 1.82) is 0 Å². The predicted octanol–water partition coefficient (Wildman–Crippen LogP) is 6.00. The largest absolute Gasteiger partial charge is 0.462 e. The van der Waals surface area contributed by atoms with E-state index in [1.54, 1.807) is 12.1 Å². The molecule has 0 spiro atoms. The molecule has 1 aromatic carbocycles. The molecule has 0 aliphatic heterocycles. The number of rotatable bonds is 12. The van der Waals surface area contributed by atoms with E-state index in [0.717, 1.165) is 43.2 Å². The van der Waals surface area contributed by atoms with Gasteiger partial charge in [-0.2, -0.15) is 0 Å². The van der Waals surface area contributed by atoms with E-state index in [0.29, 0.717) is 18.0 Å². The lowest BCUT2D eigenvalue weighted by atomic mass is 10.1. The third-order valence-electron chi connectivity index (χ3n) is 4.63. The summed E-state index contributed by atoms with van der Waals surface area (Å²) in [5, 5.41) is 0. The first-order chi connectivity index (χ1) is 13.2. The van der Waals surface area contributed by atoms with Gasteiger partial charge in [0.05, 0.1) is 12.2 Å². The number of nitrogens with zero attached hydrogens (tertiary/aromatic N) is 2. The van der Waals surface area contributed by atoms with Crippen LogP contribution < -0.4 is 0 Å². The van der Waals surface area contributed by atoms with Crippen LogP contribution in [0.15, 0.2) is 36.7 Å². The van der Waals surface area contributed by atoms with Crippen molar-refractivity contribution in [3.05, 3.63) is 47.8 Å². The van der Waals surface area contributed by atoms with E-state index in [1.165, 1.54) is 25.7 Å². The Morgan fingerprint density at radius 2 is 1.48 bits per heavy atom. The molecule has 1 heterocycles. The van der Waals surface area contributed by atoms with E-state index in [1.807, 2.05) is 24.5 Å². The summed E-state index contributed by atoms with van der Waals surface area (Å²) in [6.07, 6.45) is 14.2. The van der Waals surface area contributed by atoms with E-state index >= 15 is 0 Å². The minimum Gasteiger partial charge on any atom is -0.462 e. The Morgan fingerprint density at radius 1 is 0.852 bits per heavy atom. The van der Waals surface area contributed by atoms with Crippen molar-refractivity contribution in [2.75, 3.05) is 6.61 Å². The molecule has 146 valence electrons. The van der Waals surface area contributed by atoms with Gasteiger partial charge in [-0.15, -0.1) is 0 Å². The van der Waals surface area contributed by atoms with Gasteiger partial charge in [0.15, 0.2) is 5.82 Å². The zero-order valence-corrected chi connectivity index (χ0v) is 16.7. The molecule has 0 unspecified atom stereocenters. The Balaban J connectivity index is 1.79. The Kier molecular flexibility index (Phi) is 9.53. The summed E-state index contributed by atoms with van der Waals surface area (Å²) in [6.45, 7) is 4.88. The van der Waals surface area contributed by atoms with Crippen LogP contribution in [0.1, 0.15) is 81.1 Å². The maximum atomic E-state index is 12.1. The highest BCUT2D eigenvalue weighted by molar-refractivity contribution is 5.89. The molecule has 0 bridgehead atoms. The van der Waals surface area contributed by atoms with Gasteiger partial charge in [-0.1, -0.05) is 64.5 Å². The molecule has 2 rings (SSSR count). The highest BCUT2D eigenvalue weighted by Crippen LogP contribution is 2.16. The van der Waals surface area contributed by atoms with E-state index in [2.05, 4.69) is 23.8 Å². The smallest absolute Gasteiger partial charge is 0.338 e. The molecule has 0 aliphatic carbocycles. The summed E-state index contributed by atoms with van der Waals surface area (Å²) < 4.78 is 5.36. The van der Waals surface area contributed by atoms with Crippen LogP contribution in [0, 0.1) is 0 Å². The average Bonchev–Trinajstić information content (AvgIpc) is 2.72. The highest BCUT2D eigenvalue weighted by Gasteiger charge is 2.08. The van der Waals surface area contributed by atoms with Crippen LogP contribution in [-0.2, 0) is 11.2 Å². The summed E-state index contributed by atoms with van der Waals surface area (Å²) in [6, 6.07) is 7.32. The lowest BCUT2D eigenvalue weighted by molar-refractivity contribution is 0.0497. The number of hydrogen-bond acceptors (Lipinski definition) is 4. The van der Waals surface area contributed by atoms with Crippen molar-refractivity contribution in [2.45, 2.75) is 71.6 Å². The maximum Gasteiger partial charge on any atom is 0.338 e. The second kappa shape index (κ2) is 12.2. The number of hydrogen-bond donors (Lipinski definition) is 0. The number of unbranched alkanes of at least 4 members (excludes halogenated alkanes) is 6. The second-order valence-corrected chi connectivity index (χ2v) is 7.00. The molecule has 0 amide bonds.